The number of para-hydroxylation sites is 2. The SMILES string of the molecule is CN(C(=O)COc1ccccc1)C1=COc2ccccc2C1. The number of rotatable bonds is 4. The molecule has 0 unspecified atom stereocenters. The van der Waals surface area contributed by atoms with Gasteiger partial charge in [0.1, 0.15) is 17.8 Å². The molecule has 0 fully saturated rings. The van der Waals surface area contributed by atoms with E-state index in [1.165, 1.54) is 0 Å². The van der Waals surface area contributed by atoms with Crippen LogP contribution in [0.3, 0.4) is 0 Å². The summed E-state index contributed by atoms with van der Waals surface area (Å²) in [5, 5.41) is 0. The molecule has 0 atom stereocenters. The fourth-order valence-corrected chi connectivity index (χ4v) is 2.25. The molecule has 112 valence electrons. The highest BCUT2D eigenvalue weighted by Crippen LogP contribution is 2.27. The first-order valence-corrected chi connectivity index (χ1v) is 7.12. The second-order valence-electron chi connectivity index (χ2n) is 5.07. The fraction of sp³-hybridized carbons (Fsp3) is 0.167. The molecule has 0 aromatic heterocycles. The van der Waals surface area contributed by atoms with E-state index in [4.69, 9.17) is 9.47 Å². The zero-order chi connectivity index (χ0) is 15.4. The van der Waals surface area contributed by atoms with Gasteiger partial charge in [0.25, 0.3) is 5.91 Å². The first kappa shape index (κ1) is 14.2. The van der Waals surface area contributed by atoms with Gasteiger partial charge in [0, 0.05) is 19.0 Å². The predicted molar refractivity (Wildman–Crippen MR) is 83.6 cm³/mol. The Hall–Kier alpha value is -2.75. The largest absolute Gasteiger partial charge is 0.484 e. The molecular formula is C18H17NO3. The van der Waals surface area contributed by atoms with Gasteiger partial charge in [-0.15, -0.1) is 0 Å². The Labute approximate surface area is 129 Å². The lowest BCUT2D eigenvalue weighted by atomic mass is 10.1. The smallest absolute Gasteiger partial charge is 0.264 e. The molecule has 0 saturated carbocycles. The third-order valence-electron chi connectivity index (χ3n) is 3.58. The van der Waals surface area contributed by atoms with Gasteiger partial charge in [-0.2, -0.15) is 0 Å². The zero-order valence-corrected chi connectivity index (χ0v) is 12.4. The summed E-state index contributed by atoms with van der Waals surface area (Å²) in [7, 11) is 1.74. The molecule has 1 aliphatic rings. The van der Waals surface area contributed by atoms with E-state index in [9.17, 15) is 4.79 Å². The second kappa shape index (κ2) is 6.35. The van der Waals surface area contributed by atoms with Crippen molar-refractivity contribution in [3.63, 3.8) is 0 Å². The van der Waals surface area contributed by atoms with Crippen molar-refractivity contribution >= 4 is 5.91 Å². The molecule has 2 aromatic carbocycles. The predicted octanol–water partition coefficient (Wildman–Crippen LogP) is 3.00. The molecule has 0 bridgehead atoms. The van der Waals surface area contributed by atoms with Gasteiger partial charge < -0.3 is 14.4 Å². The molecule has 0 N–H and O–H groups in total. The first-order valence-electron chi connectivity index (χ1n) is 7.12. The highest BCUT2D eigenvalue weighted by molar-refractivity contribution is 5.79. The van der Waals surface area contributed by atoms with E-state index in [0.29, 0.717) is 12.2 Å². The topological polar surface area (TPSA) is 38.8 Å². The lowest BCUT2D eigenvalue weighted by Gasteiger charge is -2.24. The van der Waals surface area contributed by atoms with Gasteiger partial charge in [0.2, 0.25) is 0 Å². The van der Waals surface area contributed by atoms with Crippen LogP contribution < -0.4 is 9.47 Å². The van der Waals surface area contributed by atoms with E-state index in [-0.39, 0.29) is 12.5 Å². The van der Waals surface area contributed by atoms with Crippen LogP contribution in [-0.2, 0) is 11.2 Å². The zero-order valence-electron chi connectivity index (χ0n) is 12.4. The van der Waals surface area contributed by atoms with Crippen molar-refractivity contribution in [1.82, 2.24) is 4.90 Å². The summed E-state index contributed by atoms with van der Waals surface area (Å²) >= 11 is 0. The number of nitrogens with zero attached hydrogens (tertiary/aromatic N) is 1. The van der Waals surface area contributed by atoms with Crippen LogP contribution in [0, 0.1) is 0 Å². The second-order valence-corrected chi connectivity index (χ2v) is 5.07. The summed E-state index contributed by atoms with van der Waals surface area (Å²) in [5.74, 6) is 1.41. The van der Waals surface area contributed by atoms with Crippen molar-refractivity contribution < 1.29 is 14.3 Å². The Morgan fingerprint density at radius 3 is 2.68 bits per heavy atom. The average Bonchev–Trinajstić information content (AvgIpc) is 2.59. The molecule has 4 heteroatoms. The molecule has 1 aliphatic heterocycles. The Morgan fingerprint density at radius 1 is 1.14 bits per heavy atom. The summed E-state index contributed by atoms with van der Waals surface area (Å²) < 4.78 is 11.1. The summed E-state index contributed by atoms with van der Waals surface area (Å²) in [4.78, 5) is 13.8. The molecule has 3 rings (SSSR count). The minimum atomic E-state index is -0.113. The fourth-order valence-electron chi connectivity index (χ4n) is 2.25. The van der Waals surface area contributed by atoms with Crippen molar-refractivity contribution in [3.8, 4) is 11.5 Å². The van der Waals surface area contributed by atoms with Crippen LogP contribution in [0.5, 0.6) is 11.5 Å². The van der Waals surface area contributed by atoms with E-state index < -0.39 is 0 Å². The van der Waals surface area contributed by atoms with E-state index in [1.807, 2.05) is 54.6 Å². The maximum absolute atomic E-state index is 12.2. The summed E-state index contributed by atoms with van der Waals surface area (Å²) in [5.41, 5.74) is 1.89. The highest BCUT2D eigenvalue weighted by Gasteiger charge is 2.19. The van der Waals surface area contributed by atoms with Crippen LogP contribution in [0.4, 0.5) is 0 Å². The van der Waals surface area contributed by atoms with Gasteiger partial charge in [-0.05, 0) is 18.2 Å². The van der Waals surface area contributed by atoms with Crippen molar-refractivity contribution in [2.75, 3.05) is 13.7 Å². The van der Waals surface area contributed by atoms with Crippen LogP contribution >= 0.6 is 0 Å². The molecule has 0 aliphatic carbocycles. The lowest BCUT2D eigenvalue weighted by molar-refractivity contribution is -0.130. The summed E-state index contributed by atoms with van der Waals surface area (Å²) in [6.45, 7) is -0.000496. The van der Waals surface area contributed by atoms with Crippen LogP contribution in [0.1, 0.15) is 5.56 Å². The number of benzene rings is 2. The van der Waals surface area contributed by atoms with E-state index in [0.717, 1.165) is 17.0 Å². The van der Waals surface area contributed by atoms with Crippen LogP contribution in [0.2, 0.25) is 0 Å². The molecule has 2 aromatic rings. The number of ether oxygens (including phenoxy) is 2. The number of likely N-dealkylation sites (N-methyl/N-ethyl adjacent to an activating group) is 1. The maximum Gasteiger partial charge on any atom is 0.264 e. The molecular weight excluding hydrogens is 278 g/mol. The summed E-state index contributed by atoms with van der Waals surface area (Å²) in [6, 6.07) is 17.1. The van der Waals surface area contributed by atoms with Crippen molar-refractivity contribution in [3.05, 3.63) is 72.1 Å². The Bertz CT molecular complexity index is 694. The number of fused-ring (bicyclic) bond motifs is 1. The Kier molecular flexibility index (Phi) is 4.10. The normalized spacial score (nSPS) is 12.7. The minimum Gasteiger partial charge on any atom is -0.484 e. The molecule has 0 spiro atoms. The highest BCUT2D eigenvalue weighted by atomic mass is 16.5. The number of carbonyl (C=O) groups is 1. The maximum atomic E-state index is 12.2. The van der Waals surface area contributed by atoms with Gasteiger partial charge in [-0.3, -0.25) is 4.79 Å². The first-order chi connectivity index (χ1) is 10.7. The molecule has 0 radical (unpaired) electrons. The van der Waals surface area contributed by atoms with Crippen LogP contribution in [-0.4, -0.2) is 24.5 Å². The molecule has 0 saturated heterocycles. The third-order valence-corrected chi connectivity index (χ3v) is 3.58. The quantitative estimate of drug-likeness (QED) is 0.870. The molecule has 4 nitrogen and oxygen atoms in total. The lowest BCUT2D eigenvalue weighted by Crippen LogP contribution is -2.32. The molecule has 1 heterocycles. The van der Waals surface area contributed by atoms with E-state index >= 15 is 0 Å². The monoisotopic (exact) mass is 295 g/mol. The number of carbonyl (C=O) groups excluding carboxylic acids is 1. The standard InChI is InChI=1S/C18H17NO3/c1-19(18(20)13-21-16-8-3-2-4-9-16)15-11-14-7-5-6-10-17(14)22-12-15/h2-10,12H,11,13H2,1H3. The van der Waals surface area contributed by atoms with Gasteiger partial charge in [-0.25, -0.2) is 0 Å². The number of hydrogen-bond donors (Lipinski definition) is 0. The van der Waals surface area contributed by atoms with Gasteiger partial charge in [0.05, 0.1) is 5.70 Å². The van der Waals surface area contributed by atoms with Crippen LogP contribution in [0.15, 0.2) is 66.6 Å². The van der Waals surface area contributed by atoms with Crippen molar-refractivity contribution in [1.29, 1.82) is 0 Å². The van der Waals surface area contributed by atoms with Crippen LogP contribution in [0.25, 0.3) is 0 Å². The number of allylic oxidation sites excluding steroid dienone is 1. The van der Waals surface area contributed by atoms with Crippen molar-refractivity contribution in [2.24, 2.45) is 0 Å². The van der Waals surface area contributed by atoms with E-state index in [2.05, 4.69) is 0 Å². The van der Waals surface area contributed by atoms with Crippen molar-refractivity contribution in [2.45, 2.75) is 6.42 Å². The summed E-state index contributed by atoms with van der Waals surface area (Å²) in [6.07, 6.45) is 2.30. The number of amides is 1. The average molecular weight is 295 g/mol. The Balaban J connectivity index is 1.61. The van der Waals surface area contributed by atoms with Gasteiger partial charge >= 0.3 is 0 Å². The minimum absolute atomic E-state index is 0.000496. The molecule has 22 heavy (non-hydrogen) atoms. The number of hydrogen-bond acceptors (Lipinski definition) is 3. The third kappa shape index (κ3) is 3.11. The van der Waals surface area contributed by atoms with Gasteiger partial charge in [0.15, 0.2) is 6.61 Å². The molecule has 1 amide bonds. The van der Waals surface area contributed by atoms with E-state index in [1.54, 1.807) is 18.2 Å². The Morgan fingerprint density at radius 2 is 1.86 bits per heavy atom. The van der Waals surface area contributed by atoms with Gasteiger partial charge in [-0.1, -0.05) is 36.4 Å².